The van der Waals surface area contributed by atoms with E-state index in [2.05, 4.69) is 4.74 Å². The number of methoxy groups -OCH3 is 2. The monoisotopic (exact) mass is 215 g/mol. The molecule has 86 valence electrons. The first-order valence-electron chi connectivity index (χ1n) is 5.07. The third-order valence-corrected chi connectivity index (χ3v) is 2.65. The molecule has 1 heterocycles. The lowest BCUT2D eigenvalue weighted by molar-refractivity contribution is -0.151. The number of piperidine rings is 1. The van der Waals surface area contributed by atoms with Gasteiger partial charge in [0, 0.05) is 0 Å². The quantitative estimate of drug-likeness (QED) is 0.629. The van der Waals surface area contributed by atoms with E-state index in [1.165, 1.54) is 14.2 Å². The lowest BCUT2D eigenvalue weighted by atomic mass is 10.0. The lowest BCUT2D eigenvalue weighted by Crippen LogP contribution is -2.47. The molecule has 5 nitrogen and oxygen atoms in total. The van der Waals surface area contributed by atoms with Crippen LogP contribution in [0, 0.1) is 0 Å². The van der Waals surface area contributed by atoms with Crippen molar-refractivity contribution in [3.63, 3.8) is 0 Å². The molecule has 0 spiro atoms. The molecule has 0 radical (unpaired) electrons. The SMILES string of the molecule is COC(=O)CN1CCCC[C@@H]1C(=O)OC. The van der Waals surface area contributed by atoms with Gasteiger partial charge in [-0.25, -0.2) is 0 Å². The lowest BCUT2D eigenvalue weighted by Gasteiger charge is -2.32. The summed E-state index contributed by atoms with van der Waals surface area (Å²) in [6.07, 6.45) is 2.76. The Bertz CT molecular complexity index is 242. The number of likely N-dealkylation sites (tertiary alicyclic amines) is 1. The van der Waals surface area contributed by atoms with Crippen LogP contribution in [0.15, 0.2) is 0 Å². The van der Waals surface area contributed by atoms with Crippen molar-refractivity contribution >= 4 is 11.9 Å². The Morgan fingerprint density at radius 1 is 1.27 bits per heavy atom. The van der Waals surface area contributed by atoms with Crippen molar-refractivity contribution in [3.8, 4) is 0 Å². The average Bonchev–Trinajstić information content (AvgIpc) is 2.28. The molecule has 1 saturated heterocycles. The number of ether oxygens (including phenoxy) is 2. The molecule has 0 amide bonds. The summed E-state index contributed by atoms with van der Waals surface area (Å²) in [5, 5.41) is 0. The predicted molar refractivity (Wildman–Crippen MR) is 53.2 cm³/mol. The van der Waals surface area contributed by atoms with E-state index in [0.717, 1.165) is 25.8 Å². The first-order valence-corrected chi connectivity index (χ1v) is 5.07. The third-order valence-electron chi connectivity index (χ3n) is 2.65. The number of rotatable bonds is 3. The molecule has 0 bridgehead atoms. The molecule has 0 aromatic carbocycles. The maximum absolute atomic E-state index is 11.4. The maximum atomic E-state index is 11.4. The summed E-state index contributed by atoms with van der Waals surface area (Å²) in [6, 6.07) is -0.289. The number of hydrogen-bond donors (Lipinski definition) is 0. The standard InChI is InChI=1S/C10H17NO4/c1-14-9(12)7-11-6-4-3-5-8(11)10(13)15-2/h8H,3-7H2,1-2H3/t8-/m1/s1. The van der Waals surface area contributed by atoms with E-state index in [0.29, 0.717) is 0 Å². The van der Waals surface area contributed by atoms with Crippen LogP contribution in [0.1, 0.15) is 19.3 Å². The molecule has 0 aromatic heterocycles. The zero-order chi connectivity index (χ0) is 11.3. The van der Waals surface area contributed by atoms with E-state index >= 15 is 0 Å². The van der Waals surface area contributed by atoms with E-state index in [-0.39, 0.29) is 24.5 Å². The molecule has 5 heteroatoms. The second-order valence-electron chi connectivity index (χ2n) is 3.58. The van der Waals surface area contributed by atoms with Gasteiger partial charge in [-0.1, -0.05) is 6.42 Å². The van der Waals surface area contributed by atoms with Gasteiger partial charge in [-0.3, -0.25) is 14.5 Å². The molecule has 0 unspecified atom stereocenters. The Balaban J connectivity index is 2.57. The Hall–Kier alpha value is -1.10. The van der Waals surface area contributed by atoms with Crippen LogP contribution < -0.4 is 0 Å². The van der Waals surface area contributed by atoms with E-state index in [4.69, 9.17) is 4.74 Å². The molecule has 1 aliphatic heterocycles. The summed E-state index contributed by atoms with van der Waals surface area (Å²) < 4.78 is 9.28. The summed E-state index contributed by atoms with van der Waals surface area (Å²) in [4.78, 5) is 24.4. The number of hydrogen-bond acceptors (Lipinski definition) is 5. The van der Waals surface area contributed by atoms with Crippen molar-refractivity contribution in [1.29, 1.82) is 0 Å². The summed E-state index contributed by atoms with van der Waals surface area (Å²) in [5.74, 6) is -0.579. The molecule has 1 fully saturated rings. The van der Waals surface area contributed by atoms with E-state index < -0.39 is 0 Å². The Morgan fingerprint density at radius 2 is 2.00 bits per heavy atom. The van der Waals surface area contributed by atoms with Gasteiger partial charge in [-0.05, 0) is 19.4 Å². The Kier molecular flexibility index (Phi) is 4.55. The number of nitrogens with zero attached hydrogens (tertiary/aromatic N) is 1. The van der Waals surface area contributed by atoms with Crippen LogP contribution in [0.3, 0.4) is 0 Å². The molecule has 0 aromatic rings. The summed E-state index contributed by atoms with van der Waals surface area (Å²) in [7, 11) is 2.71. The fourth-order valence-electron chi connectivity index (χ4n) is 1.81. The Labute approximate surface area is 89.3 Å². The normalized spacial score (nSPS) is 22.1. The molecule has 1 atom stereocenters. The van der Waals surface area contributed by atoms with Crippen molar-refractivity contribution < 1.29 is 19.1 Å². The van der Waals surface area contributed by atoms with E-state index in [1.807, 2.05) is 4.90 Å². The summed E-state index contributed by atoms with van der Waals surface area (Å²) in [6.45, 7) is 0.908. The van der Waals surface area contributed by atoms with Gasteiger partial charge < -0.3 is 9.47 Å². The number of esters is 2. The van der Waals surface area contributed by atoms with Gasteiger partial charge in [-0.2, -0.15) is 0 Å². The smallest absolute Gasteiger partial charge is 0.323 e. The average molecular weight is 215 g/mol. The van der Waals surface area contributed by atoms with Gasteiger partial charge in [0.2, 0.25) is 0 Å². The molecule has 0 N–H and O–H groups in total. The third kappa shape index (κ3) is 3.20. The van der Waals surface area contributed by atoms with Gasteiger partial charge in [-0.15, -0.1) is 0 Å². The maximum Gasteiger partial charge on any atom is 0.323 e. The fraction of sp³-hybridized carbons (Fsp3) is 0.800. The van der Waals surface area contributed by atoms with Crippen molar-refractivity contribution in [2.45, 2.75) is 25.3 Å². The van der Waals surface area contributed by atoms with Crippen LogP contribution in [-0.2, 0) is 19.1 Å². The van der Waals surface area contributed by atoms with Gasteiger partial charge in [0.1, 0.15) is 6.04 Å². The van der Waals surface area contributed by atoms with Crippen molar-refractivity contribution in [2.75, 3.05) is 27.3 Å². The molecule has 15 heavy (non-hydrogen) atoms. The topological polar surface area (TPSA) is 55.8 Å². The molecular formula is C10H17NO4. The van der Waals surface area contributed by atoms with Gasteiger partial charge in [0.25, 0.3) is 0 Å². The minimum atomic E-state index is -0.314. The first-order chi connectivity index (χ1) is 7.19. The summed E-state index contributed by atoms with van der Waals surface area (Å²) in [5.41, 5.74) is 0. The van der Waals surface area contributed by atoms with Crippen LogP contribution >= 0.6 is 0 Å². The minimum absolute atomic E-state index is 0.163. The molecule has 0 aliphatic carbocycles. The molecule has 1 rings (SSSR count). The predicted octanol–water partition coefficient (Wildman–Crippen LogP) is 0.187. The highest BCUT2D eigenvalue weighted by molar-refractivity contribution is 5.77. The van der Waals surface area contributed by atoms with Crippen LogP contribution in [0.25, 0.3) is 0 Å². The largest absolute Gasteiger partial charge is 0.468 e. The number of carbonyl (C=O) groups is 2. The van der Waals surface area contributed by atoms with Crippen LogP contribution in [0.4, 0.5) is 0 Å². The van der Waals surface area contributed by atoms with E-state index in [1.54, 1.807) is 0 Å². The van der Waals surface area contributed by atoms with Gasteiger partial charge >= 0.3 is 11.9 Å². The number of carbonyl (C=O) groups excluding carboxylic acids is 2. The zero-order valence-electron chi connectivity index (χ0n) is 9.19. The van der Waals surface area contributed by atoms with Crippen LogP contribution in [0.5, 0.6) is 0 Å². The van der Waals surface area contributed by atoms with Crippen molar-refractivity contribution in [3.05, 3.63) is 0 Å². The highest BCUT2D eigenvalue weighted by Crippen LogP contribution is 2.17. The second-order valence-corrected chi connectivity index (χ2v) is 3.58. The summed E-state index contributed by atoms with van der Waals surface area (Å²) >= 11 is 0. The van der Waals surface area contributed by atoms with E-state index in [9.17, 15) is 9.59 Å². The van der Waals surface area contributed by atoms with Crippen LogP contribution in [0.2, 0.25) is 0 Å². The van der Waals surface area contributed by atoms with Gasteiger partial charge in [0.15, 0.2) is 0 Å². The molecular weight excluding hydrogens is 198 g/mol. The molecule has 1 aliphatic rings. The zero-order valence-corrected chi connectivity index (χ0v) is 9.19. The second kappa shape index (κ2) is 5.70. The molecule has 0 saturated carbocycles. The first kappa shape index (κ1) is 12.0. The van der Waals surface area contributed by atoms with Gasteiger partial charge in [0.05, 0.1) is 20.8 Å². The highest BCUT2D eigenvalue weighted by atomic mass is 16.5. The fourth-order valence-corrected chi connectivity index (χ4v) is 1.81. The van der Waals surface area contributed by atoms with Crippen LogP contribution in [-0.4, -0.2) is 50.2 Å². The van der Waals surface area contributed by atoms with Crippen molar-refractivity contribution in [2.24, 2.45) is 0 Å². The highest BCUT2D eigenvalue weighted by Gasteiger charge is 2.30. The minimum Gasteiger partial charge on any atom is -0.468 e. The van der Waals surface area contributed by atoms with Crippen molar-refractivity contribution in [1.82, 2.24) is 4.90 Å². The Morgan fingerprint density at radius 3 is 2.60 bits per heavy atom.